The van der Waals surface area contributed by atoms with Gasteiger partial charge >= 0.3 is 12.0 Å². The number of urea groups is 1. The second-order valence-electron chi connectivity index (χ2n) is 6.45. The maximum absolute atomic E-state index is 11.5. The first-order valence-corrected chi connectivity index (χ1v) is 7.08. The normalized spacial score (nSPS) is 12.6. The number of carbonyl (C=O) groups is 2. The van der Waals surface area contributed by atoms with Crippen LogP contribution in [0.15, 0.2) is 12.2 Å². The number of nitrogens with one attached hydrogen (secondary N) is 2. The summed E-state index contributed by atoms with van der Waals surface area (Å²) in [5.41, 5.74) is 0.823. The quantitative estimate of drug-likeness (QED) is 0.449. The molecule has 0 saturated carbocycles. The summed E-state index contributed by atoms with van der Waals surface area (Å²) in [4.78, 5) is 22.7. The summed E-state index contributed by atoms with van der Waals surface area (Å²) in [7, 11) is 0. The average Bonchev–Trinajstić information content (AvgIpc) is 2.32. The molecule has 0 rings (SSSR count). The van der Waals surface area contributed by atoms with E-state index in [0.717, 1.165) is 5.57 Å². The number of ether oxygens (including phenoxy) is 1. The zero-order valence-corrected chi connectivity index (χ0v) is 13.5. The van der Waals surface area contributed by atoms with Crippen LogP contribution in [-0.4, -0.2) is 43.4 Å². The highest BCUT2D eigenvalue weighted by atomic mass is 16.5. The van der Waals surface area contributed by atoms with Crippen molar-refractivity contribution in [2.75, 3.05) is 26.3 Å². The van der Waals surface area contributed by atoms with Gasteiger partial charge in [0.25, 0.3) is 0 Å². The number of aliphatic carboxylic acids is 1. The van der Waals surface area contributed by atoms with Gasteiger partial charge in [-0.1, -0.05) is 32.9 Å². The smallest absolute Gasteiger partial charge is 0.314 e. The van der Waals surface area contributed by atoms with Crippen LogP contribution in [0.4, 0.5) is 4.79 Å². The number of carbonyl (C=O) groups excluding carboxylic acids is 1. The van der Waals surface area contributed by atoms with E-state index in [-0.39, 0.29) is 18.0 Å². The summed E-state index contributed by atoms with van der Waals surface area (Å²) in [5.74, 6) is -1.48. The molecule has 6 nitrogen and oxygen atoms in total. The van der Waals surface area contributed by atoms with Crippen molar-refractivity contribution in [2.45, 2.75) is 34.1 Å². The molecule has 0 aromatic rings. The summed E-state index contributed by atoms with van der Waals surface area (Å²) >= 11 is 0. The summed E-state index contributed by atoms with van der Waals surface area (Å²) in [6, 6.07) is -0.380. The van der Waals surface area contributed by atoms with E-state index in [1.807, 2.05) is 27.7 Å². The third-order valence-corrected chi connectivity index (χ3v) is 2.60. The van der Waals surface area contributed by atoms with Crippen molar-refractivity contribution in [1.82, 2.24) is 10.6 Å². The molecule has 21 heavy (non-hydrogen) atoms. The SMILES string of the molecule is C=C(C)COCCNC(=O)NCC(CC(C)(C)C)C(=O)O. The van der Waals surface area contributed by atoms with E-state index >= 15 is 0 Å². The van der Waals surface area contributed by atoms with Crippen LogP contribution >= 0.6 is 0 Å². The maximum atomic E-state index is 11.5. The molecule has 3 N–H and O–H groups in total. The van der Waals surface area contributed by atoms with Crippen LogP contribution in [0.25, 0.3) is 0 Å². The third kappa shape index (κ3) is 11.9. The fraction of sp³-hybridized carbons (Fsp3) is 0.733. The average molecular weight is 300 g/mol. The fourth-order valence-corrected chi connectivity index (χ4v) is 1.75. The largest absolute Gasteiger partial charge is 0.481 e. The van der Waals surface area contributed by atoms with Crippen molar-refractivity contribution in [1.29, 1.82) is 0 Å². The molecule has 0 fully saturated rings. The van der Waals surface area contributed by atoms with Crippen molar-refractivity contribution in [3.63, 3.8) is 0 Å². The Morgan fingerprint density at radius 2 is 1.90 bits per heavy atom. The second-order valence-corrected chi connectivity index (χ2v) is 6.45. The number of carboxylic acid groups (broad SMARTS) is 1. The molecule has 0 aromatic heterocycles. The highest BCUT2D eigenvalue weighted by Gasteiger charge is 2.24. The Morgan fingerprint density at radius 3 is 2.38 bits per heavy atom. The van der Waals surface area contributed by atoms with Gasteiger partial charge in [0.15, 0.2) is 0 Å². The van der Waals surface area contributed by atoms with E-state index in [2.05, 4.69) is 17.2 Å². The standard InChI is InChI=1S/C15H28N2O4/c1-11(2)10-21-7-6-16-14(20)17-9-12(13(18)19)8-15(3,4)5/h12H,1,6-10H2,2-5H3,(H,18,19)(H2,16,17,20). The Balaban J connectivity index is 3.93. The molecule has 122 valence electrons. The molecule has 1 unspecified atom stereocenters. The minimum absolute atomic E-state index is 0.0996. The van der Waals surface area contributed by atoms with Crippen molar-refractivity contribution in [3.05, 3.63) is 12.2 Å². The van der Waals surface area contributed by atoms with Crippen molar-refractivity contribution in [2.24, 2.45) is 11.3 Å². The van der Waals surface area contributed by atoms with Crippen LogP contribution in [0, 0.1) is 11.3 Å². The molecule has 2 amide bonds. The molecule has 0 aliphatic rings. The number of hydrogen-bond donors (Lipinski definition) is 3. The van der Waals surface area contributed by atoms with Gasteiger partial charge in [0, 0.05) is 13.1 Å². The molecule has 0 aliphatic carbocycles. The molecule has 0 saturated heterocycles. The third-order valence-electron chi connectivity index (χ3n) is 2.60. The molecule has 0 aromatic carbocycles. The molecule has 0 bridgehead atoms. The van der Waals surface area contributed by atoms with Gasteiger partial charge in [0.1, 0.15) is 0 Å². The van der Waals surface area contributed by atoms with Crippen molar-refractivity contribution < 1.29 is 19.4 Å². The summed E-state index contributed by atoms with van der Waals surface area (Å²) in [5, 5.41) is 14.3. The topological polar surface area (TPSA) is 87.7 Å². The molecule has 0 heterocycles. The first-order valence-electron chi connectivity index (χ1n) is 7.08. The van der Waals surface area contributed by atoms with Crippen LogP contribution in [-0.2, 0) is 9.53 Å². The summed E-state index contributed by atoms with van der Waals surface area (Å²) < 4.78 is 5.24. The monoisotopic (exact) mass is 300 g/mol. The molecular weight excluding hydrogens is 272 g/mol. The summed E-state index contributed by atoms with van der Waals surface area (Å²) in [6.45, 7) is 12.8. The van der Waals surface area contributed by atoms with E-state index in [4.69, 9.17) is 9.84 Å². The van der Waals surface area contributed by atoms with Crippen LogP contribution in [0.2, 0.25) is 0 Å². The lowest BCUT2D eigenvalue weighted by Gasteiger charge is -2.23. The predicted octanol–water partition coefficient (Wildman–Crippen LogP) is 2.02. The lowest BCUT2D eigenvalue weighted by Crippen LogP contribution is -2.41. The van der Waals surface area contributed by atoms with Crippen LogP contribution in [0.5, 0.6) is 0 Å². The Labute approximate surface area is 126 Å². The van der Waals surface area contributed by atoms with E-state index < -0.39 is 11.9 Å². The molecule has 6 heteroatoms. The van der Waals surface area contributed by atoms with Gasteiger partial charge in [-0.15, -0.1) is 0 Å². The second kappa shape index (κ2) is 9.39. The lowest BCUT2D eigenvalue weighted by atomic mass is 9.84. The Bertz CT molecular complexity index is 361. The molecule has 1 atom stereocenters. The van der Waals surface area contributed by atoms with Gasteiger partial charge in [-0.25, -0.2) is 4.79 Å². The van der Waals surface area contributed by atoms with Crippen LogP contribution < -0.4 is 10.6 Å². The number of amides is 2. The number of carboxylic acids is 1. The molecule has 0 radical (unpaired) electrons. The van der Waals surface area contributed by atoms with E-state index in [0.29, 0.717) is 26.2 Å². The van der Waals surface area contributed by atoms with Gasteiger partial charge in [0.05, 0.1) is 19.1 Å². The Kier molecular flexibility index (Phi) is 8.69. The van der Waals surface area contributed by atoms with Gasteiger partial charge in [-0.2, -0.15) is 0 Å². The minimum Gasteiger partial charge on any atom is -0.481 e. The summed E-state index contributed by atoms with van der Waals surface area (Å²) in [6.07, 6.45) is 0.504. The zero-order chi connectivity index (χ0) is 16.5. The number of hydrogen-bond acceptors (Lipinski definition) is 3. The van der Waals surface area contributed by atoms with E-state index in [9.17, 15) is 9.59 Å². The Morgan fingerprint density at radius 1 is 1.29 bits per heavy atom. The van der Waals surface area contributed by atoms with Crippen molar-refractivity contribution >= 4 is 12.0 Å². The first-order chi connectivity index (χ1) is 9.61. The predicted molar refractivity (Wildman–Crippen MR) is 82.2 cm³/mol. The van der Waals surface area contributed by atoms with E-state index in [1.54, 1.807) is 0 Å². The van der Waals surface area contributed by atoms with Gasteiger partial charge in [-0.3, -0.25) is 4.79 Å². The molecule has 0 spiro atoms. The first kappa shape index (κ1) is 19.4. The highest BCUT2D eigenvalue weighted by Crippen LogP contribution is 2.24. The Hall–Kier alpha value is -1.56. The lowest BCUT2D eigenvalue weighted by molar-refractivity contribution is -0.142. The van der Waals surface area contributed by atoms with Gasteiger partial charge in [0.2, 0.25) is 0 Å². The van der Waals surface area contributed by atoms with Crippen LogP contribution in [0.3, 0.4) is 0 Å². The minimum atomic E-state index is -0.894. The zero-order valence-electron chi connectivity index (χ0n) is 13.5. The van der Waals surface area contributed by atoms with Gasteiger partial charge < -0.3 is 20.5 Å². The fourth-order valence-electron chi connectivity index (χ4n) is 1.75. The van der Waals surface area contributed by atoms with Gasteiger partial charge in [-0.05, 0) is 18.8 Å². The number of rotatable bonds is 9. The molecular formula is C15H28N2O4. The van der Waals surface area contributed by atoms with Crippen molar-refractivity contribution in [3.8, 4) is 0 Å². The molecule has 0 aliphatic heterocycles. The van der Waals surface area contributed by atoms with E-state index in [1.165, 1.54) is 0 Å². The highest BCUT2D eigenvalue weighted by molar-refractivity contribution is 5.75. The maximum Gasteiger partial charge on any atom is 0.314 e. The van der Waals surface area contributed by atoms with Crippen LogP contribution in [0.1, 0.15) is 34.1 Å².